The number of halogens is 3. The van der Waals surface area contributed by atoms with Gasteiger partial charge < -0.3 is 15.5 Å². The molecule has 2 N–H and O–H groups in total. The Morgan fingerprint density at radius 3 is 2.81 bits per heavy atom. The summed E-state index contributed by atoms with van der Waals surface area (Å²) in [7, 11) is 1.69. The molecule has 150 valence electrons. The van der Waals surface area contributed by atoms with E-state index in [0.29, 0.717) is 32.0 Å². The van der Waals surface area contributed by atoms with E-state index < -0.39 is 12.7 Å². The summed E-state index contributed by atoms with van der Waals surface area (Å²) in [5.74, 6) is 0.646. The van der Waals surface area contributed by atoms with Crippen molar-refractivity contribution >= 4 is 11.6 Å². The van der Waals surface area contributed by atoms with Gasteiger partial charge in [-0.05, 0) is 31.4 Å². The van der Waals surface area contributed by atoms with Crippen LogP contribution in [0.1, 0.15) is 18.9 Å². The molecule has 2 unspecified atom stereocenters. The van der Waals surface area contributed by atoms with Crippen LogP contribution < -0.4 is 15.5 Å². The van der Waals surface area contributed by atoms with Crippen LogP contribution in [-0.4, -0.2) is 68.9 Å². The summed E-state index contributed by atoms with van der Waals surface area (Å²) in [5.41, 5.74) is 2.66. The standard InChI is InChI=1S/C19H28F3N5/c1-14(27-10-7-15-5-3-4-6-17(15)27)11-24-18(23-2)25-16-8-9-26(12-16)13-19(20,21)22/h3-6,14,16H,7-13H2,1-2H3,(H2,23,24,25). The predicted octanol–water partition coefficient (Wildman–Crippen LogP) is 2.24. The zero-order valence-corrected chi connectivity index (χ0v) is 15.9. The van der Waals surface area contributed by atoms with Gasteiger partial charge in [-0.3, -0.25) is 9.89 Å². The van der Waals surface area contributed by atoms with Gasteiger partial charge in [0.1, 0.15) is 0 Å². The normalized spacial score (nSPS) is 22.0. The molecule has 2 aliphatic heterocycles. The molecule has 0 aromatic heterocycles. The highest BCUT2D eigenvalue weighted by atomic mass is 19.4. The maximum atomic E-state index is 12.5. The van der Waals surface area contributed by atoms with Crippen molar-refractivity contribution in [1.29, 1.82) is 0 Å². The highest BCUT2D eigenvalue weighted by molar-refractivity contribution is 5.80. The van der Waals surface area contributed by atoms with Crippen molar-refractivity contribution in [2.45, 2.75) is 38.0 Å². The lowest BCUT2D eigenvalue weighted by molar-refractivity contribution is -0.143. The number of alkyl halides is 3. The molecule has 0 aliphatic carbocycles. The third-order valence-electron chi connectivity index (χ3n) is 5.26. The molecule has 1 aromatic rings. The van der Waals surface area contributed by atoms with Crippen molar-refractivity contribution < 1.29 is 13.2 Å². The molecular weight excluding hydrogens is 355 g/mol. The average molecular weight is 383 g/mol. The number of rotatable bonds is 5. The van der Waals surface area contributed by atoms with E-state index in [1.165, 1.54) is 16.2 Å². The Labute approximate surface area is 158 Å². The van der Waals surface area contributed by atoms with Crippen LogP contribution in [0, 0.1) is 0 Å². The van der Waals surface area contributed by atoms with Gasteiger partial charge in [0.15, 0.2) is 5.96 Å². The van der Waals surface area contributed by atoms with E-state index in [4.69, 9.17) is 0 Å². The number of para-hydroxylation sites is 1. The Kier molecular flexibility index (Phi) is 6.14. The molecular formula is C19H28F3N5. The number of anilines is 1. The molecule has 0 saturated carbocycles. The van der Waals surface area contributed by atoms with Crippen LogP contribution in [0.25, 0.3) is 0 Å². The molecule has 3 rings (SSSR count). The maximum Gasteiger partial charge on any atom is 0.401 e. The Morgan fingerprint density at radius 2 is 2.07 bits per heavy atom. The van der Waals surface area contributed by atoms with Crippen LogP contribution in [0.2, 0.25) is 0 Å². The zero-order valence-electron chi connectivity index (χ0n) is 15.9. The number of guanidine groups is 1. The van der Waals surface area contributed by atoms with Crippen molar-refractivity contribution in [3.63, 3.8) is 0 Å². The van der Waals surface area contributed by atoms with E-state index in [0.717, 1.165) is 13.0 Å². The lowest BCUT2D eigenvalue weighted by atomic mass is 10.2. The fourth-order valence-corrected chi connectivity index (χ4v) is 3.91. The largest absolute Gasteiger partial charge is 0.401 e. The van der Waals surface area contributed by atoms with Gasteiger partial charge in [0, 0.05) is 51.0 Å². The maximum absolute atomic E-state index is 12.5. The molecule has 0 radical (unpaired) electrons. The fraction of sp³-hybridized carbons (Fsp3) is 0.632. The Bertz CT molecular complexity index is 661. The zero-order chi connectivity index (χ0) is 19.4. The third kappa shape index (κ3) is 5.28. The van der Waals surface area contributed by atoms with Gasteiger partial charge in [-0.2, -0.15) is 13.2 Å². The quantitative estimate of drug-likeness (QED) is 0.605. The topological polar surface area (TPSA) is 42.9 Å². The molecule has 1 fully saturated rings. The smallest absolute Gasteiger partial charge is 0.366 e. The van der Waals surface area contributed by atoms with E-state index in [-0.39, 0.29) is 12.1 Å². The molecule has 8 heteroatoms. The van der Waals surface area contributed by atoms with Crippen LogP contribution in [0.3, 0.4) is 0 Å². The first-order valence-corrected chi connectivity index (χ1v) is 9.46. The molecule has 2 heterocycles. The Hall–Kier alpha value is -1.96. The second-order valence-corrected chi connectivity index (χ2v) is 7.35. The summed E-state index contributed by atoms with van der Waals surface area (Å²) in [6, 6.07) is 8.73. The SMILES string of the molecule is CN=C(NCC(C)N1CCc2ccccc21)NC1CCN(CC(F)(F)F)C1. The summed E-state index contributed by atoms with van der Waals surface area (Å²) < 4.78 is 37.6. The van der Waals surface area contributed by atoms with E-state index >= 15 is 0 Å². The van der Waals surface area contributed by atoms with Crippen LogP contribution >= 0.6 is 0 Å². The first-order valence-electron chi connectivity index (χ1n) is 9.46. The van der Waals surface area contributed by atoms with Crippen molar-refractivity contribution in [3.8, 4) is 0 Å². The summed E-state index contributed by atoms with van der Waals surface area (Å²) in [6.07, 6.45) is -2.40. The van der Waals surface area contributed by atoms with E-state index in [9.17, 15) is 13.2 Å². The van der Waals surface area contributed by atoms with Crippen molar-refractivity contribution in [1.82, 2.24) is 15.5 Å². The number of likely N-dealkylation sites (tertiary alicyclic amines) is 1. The van der Waals surface area contributed by atoms with Gasteiger partial charge in [-0.25, -0.2) is 0 Å². The van der Waals surface area contributed by atoms with Gasteiger partial charge in [0.2, 0.25) is 0 Å². The minimum atomic E-state index is -4.14. The van der Waals surface area contributed by atoms with E-state index in [1.807, 2.05) is 0 Å². The number of hydrogen-bond acceptors (Lipinski definition) is 3. The van der Waals surface area contributed by atoms with E-state index in [2.05, 4.69) is 51.7 Å². The molecule has 0 spiro atoms. The molecule has 0 bridgehead atoms. The lowest BCUT2D eigenvalue weighted by Crippen LogP contribution is -2.49. The molecule has 0 amide bonds. The van der Waals surface area contributed by atoms with Crippen LogP contribution in [0.15, 0.2) is 29.3 Å². The summed E-state index contributed by atoms with van der Waals surface area (Å²) in [5, 5.41) is 6.58. The van der Waals surface area contributed by atoms with Crippen molar-refractivity contribution in [2.75, 3.05) is 44.7 Å². The Balaban J connectivity index is 1.46. The summed E-state index contributed by atoms with van der Waals surface area (Å²) in [4.78, 5) is 8.05. The number of aliphatic imine (C=N–C) groups is 1. The van der Waals surface area contributed by atoms with E-state index in [1.54, 1.807) is 7.05 Å². The Morgan fingerprint density at radius 1 is 1.30 bits per heavy atom. The number of hydrogen-bond donors (Lipinski definition) is 2. The monoisotopic (exact) mass is 383 g/mol. The third-order valence-corrected chi connectivity index (χ3v) is 5.26. The van der Waals surface area contributed by atoms with Gasteiger partial charge in [-0.1, -0.05) is 18.2 Å². The van der Waals surface area contributed by atoms with Crippen molar-refractivity contribution in [2.24, 2.45) is 4.99 Å². The lowest BCUT2D eigenvalue weighted by Gasteiger charge is -2.28. The number of nitrogens with one attached hydrogen (secondary N) is 2. The number of benzene rings is 1. The second-order valence-electron chi connectivity index (χ2n) is 7.35. The fourth-order valence-electron chi connectivity index (χ4n) is 3.91. The molecule has 5 nitrogen and oxygen atoms in total. The minimum absolute atomic E-state index is 0.0126. The number of fused-ring (bicyclic) bond motifs is 1. The predicted molar refractivity (Wildman–Crippen MR) is 102 cm³/mol. The van der Waals surface area contributed by atoms with Gasteiger partial charge in [0.05, 0.1) is 6.54 Å². The molecule has 2 atom stereocenters. The number of nitrogens with zero attached hydrogens (tertiary/aromatic N) is 3. The summed E-state index contributed by atoms with van der Waals surface area (Å²) in [6.45, 7) is 3.88. The molecule has 27 heavy (non-hydrogen) atoms. The average Bonchev–Trinajstić information content (AvgIpc) is 3.23. The molecule has 1 aromatic carbocycles. The highest BCUT2D eigenvalue weighted by Crippen LogP contribution is 2.28. The van der Waals surface area contributed by atoms with Gasteiger partial charge in [0.25, 0.3) is 0 Å². The molecule has 1 saturated heterocycles. The van der Waals surface area contributed by atoms with Gasteiger partial charge >= 0.3 is 6.18 Å². The second kappa shape index (κ2) is 8.37. The highest BCUT2D eigenvalue weighted by Gasteiger charge is 2.34. The first-order chi connectivity index (χ1) is 12.9. The van der Waals surface area contributed by atoms with Crippen LogP contribution in [0.4, 0.5) is 18.9 Å². The summed E-state index contributed by atoms with van der Waals surface area (Å²) >= 11 is 0. The van der Waals surface area contributed by atoms with Crippen LogP contribution in [0.5, 0.6) is 0 Å². The van der Waals surface area contributed by atoms with Gasteiger partial charge in [-0.15, -0.1) is 0 Å². The molecule has 2 aliphatic rings. The first kappa shape index (κ1) is 19.8. The minimum Gasteiger partial charge on any atom is -0.366 e. The van der Waals surface area contributed by atoms with Crippen LogP contribution in [-0.2, 0) is 6.42 Å². The van der Waals surface area contributed by atoms with Crippen molar-refractivity contribution in [3.05, 3.63) is 29.8 Å².